The Hall–Kier alpha value is -3.42. The van der Waals surface area contributed by atoms with Gasteiger partial charge in [-0.2, -0.15) is 0 Å². The molecule has 0 saturated carbocycles. The van der Waals surface area contributed by atoms with Crippen molar-refractivity contribution in [3.05, 3.63) is 47.5 Å². The lowest BCUT2D eigenvalue weighted by Gasteiger charge is -2.14. The summed E-state index contributed by atoms with van der Waals surface area (Å²) in [5, 5.41) is 14.9. The maximum Gasteiger partial charge on any atom is 0.231 e. The summed E-state index contributed by atoms with van der Waals surface area (Å²) in [5.41, 5.74) is 12.0. The Labute approximate surface area is 145 Å². The smallest absolute Gasteiger partial charge is 0.231 e. The highest BCUT2D eigenvalue weighted by Gasteiger charge is 2.10. The highest BCUT2D eigenvalue weighted by Crippen LogP contribution is 2.30. The van der Waals surface area contributed by atoms with Crippen molar-refractivity contribution < 1.29 is 18.9 Å². The molecule has 2 rings (SSSR count). The van der Waals surface area contributed by atoms with Gasteiger partial charge in [-0.1, -0.05) is 0 Å². The van der Waals surface area contributed by atoms with Gasteiger partial charge in [0.2, 0.25) is 6.79 Å². The molecule has 0 bridgehead atoms. The molecular formula is C17H20N4O4. The van der Waals surface area contributed by atoms with Crippen LogP contribution in [-0.2, 0) is 0 Å². The fourth-order valence-corrected chi connectivity index (χ4v) is 2.07. The summed E-state index contributed by atoms with van der Waals surface area (Å²) in [6.07, 6.45) is 0. The van der Waals surface area contributed by atoms with Gasteiger partial charge in [-0.25, -0.2) is 0 Å². The van der Waals surface area contributed by atoms with E-state index in [1.54, 1.807) is 36.4 Å². The minimum atomic E-state index is -0.0917. The molecule has 0 heterocycles. The average molecular weight is 344 g/mol. The summed E-state index contributed by atoms with van der Waals surface area (Å²) in [4.78, 5) is 0. The number of amidine groups is 2. The molecule has 0 saturated heterocycles. The minimum Gasteiger partial charge on any atom is -0.493 e. The largest absolute Gasteiger partial charge is 0.493 e. The van der Waals surface area contributed by atoms with Crippen LogP contribution in [0.3, 0.4) is 0 Å². The van der Waals surface area contributed by atoms with Gasteiger partial charge in [-0.05, 0) is 36.4 Å². The van der Waals surface area contributed by atoms with Crippen LogP contribution in [0.15, 0.2) is 36.4 Å². The fourth-order valence-electron chi connectivity index (χ4n) is 2.07. The van der Waals surface area contributed by atoms with Crippen LogP contribution < -0.4 is 30.4 Å². The molecule has 2 aromatic rings. The van der Waals surface area contributed by atoms with Gasteiger partial charge in [0, 0.05) is 11.1 Å². The summed E-state index contributed by atoms with van der Waals surface area (Å²) in [6.45, 7) is -0.0917. The van der Waals surface area contributed by atoms with Gasteiger partial charge in [-0.15, -0.1) is 0 Å². The van der Waals surface area contributed by atoms with Crippen LogP contribution in [0.4, 0.5) is 0 Å². The van der Waals surface area contributed by atoms with E-state index in [1.165, 1.54) is 14.2 Å². The third-order valence-corrected chi connectivity index (χ3v) is 3.38. The van der Waals surface area contributed by atoms with E-state index in [-0.39, 0.29) is 18.5 Å². The van der Waals surface area contributed by atoms with Crippen molar-refractivity contribution in [2.45, 2.75) is 0 Å². The van der Waals surface area contributed by atoms with Crippen molar-refractivity contribution in [2.75, 3.05) is 21.0 Å². The lowest BCUT2D eigenvalue weighted by Crippen LogP contribution is -2.13. The van der Waals surface area contributed by atoms with Crippen molar-refractivity contribution in [1.82, 2.24) is 0 Å². The van der Waals surface area contributed by atoms with E-state index < -0.39 is 0 Å². The van der Waals surface area contributed by atoms with Crippen LogP contribution in [0.1, 0.15) is 11.1 Å². The SMILES string of the molecule is COc1cc(C(=N)N)ccc1OCOc1ccc(C(=N)N)cc1OC. The lowest BCUT2D eigenvalue weighted by atomic mass is 10.2. The van der Waals surface area contributed by atoms with E-state index in [0.29, 0.717) is 34.1 Å². The zero-order chi connectivity index (χ0) is 18.4. The average Bonchev–Trinajstić information content (AvgIpc) is 2.61. The van der Waals surface area contributed by atoms with Gasteiger partial charge in [0.25, 0.3) is 0 Å². The molecule has 6 N–H and O–H groups in total. The zero-order valence-corrected chi connectivity index (χ0v) is 14.0. The standard InChI is InChI=1S/C17H20N4O4/c1-22-14-7-10(16(18)19)3-5-12(14)24-9-25-13-6-4-11(17(20)21)8-15(13)23-2/h3-8H,9H2,1-2H3,(H3,18,19)(H3,20,21). The number of nitrogens with one attached hydrogen (secondary N) is 2. The molecule has 0 aliphatic heterocycles. The van der Waals surface area contributed by atoms with E-state index in [2.05, 4.69) is 0 Å². The second kappa shape index (κ2) is 7.91. The fraction of sp³-hybridized carbons (Fsp3) is 0.176. The Bertz CT molecular complexity index is 727. The Morgan fingerprint density at radius 2 is 1.16 bits per heavy atom. The monoisotopic (exact) mass is 344 g/mol. The highest BCUT2D eigenvalue weighted by atomic mass is 16.7. The number of benzene rings is 2. The van der Waals surface area contributed by atoms with Gasteiger partial charge in [0.1, 0.15) is 11.7 Å². The Balaban J connectivity index is 2.08. The van der Waals surface area contributed by atoms with Gasteiger partial charge < -0.3 is 30.4 Å². The molecular weight excluding hydrogens is 324 g/mol. The molecule has 0 aromatic heterocycles. The number of nitrogens with two attached hydrogens (primary N) is 2. The summed E-state index contributed by atoms with van der Waals surface area (Å²) >= 11 is 0. The molecule has 0 radical (unpaired) electrons. The molecule has 0 unspecified atom stereocenters. The summed E-state index contributed by atoms with van der Waals surface area (Å²) in [7, 11) is 2.99. The number of rotatable bonds is 8. The number of ether oxygens (including phenoxy) is 4. The van der Waals surface area contributed by atoms with Crippen LogP contribution in [0.5, 0.6) is 23.0 Å². The van der Waals surface area contributed by atoms with Gasteiger partial charge in [0.05, 0.1) is 14.2 Å². The first-order valence-corrected chi connectivity index (χ1v) is 7.26. The molecule has 0 aliphatic carbocycles. The molecule has 0 atom stereocenters. The second-order valence-corrected chi connectivity index (χ2v) is 4.97. The van der Waals surface area contributed by atoms with Crippen LogP contribution in [0, 0.1) is 10.8 Å². The molecule has 8 nitrogen and oxygen atoms in total. The van der Waals surface area contributed by atoms with E-state index in [4.69, 9.17) is 41.2 Å². The zero-order valence-electron chi connectivity index (χ0n) is 14.0. The maximum absolute atomic E-state index is 7.44. The first-order valence-electron chi connectivity index (χ1n) is 7.26. The van der Waals surface area contributed by atoms with Crippen molar-refractivity contribution >= 4 is 11.7 Å². The third-order valence-electron chi connectivity index (χ3n) is 3.38. The van der Waals surface area contributed by atoms with Crippen molar-refractivity contribution in [1.29, 1.82) is 10.8 Å². The Kier molecular flexibility index (Phi) is 5.67. The first kappa shape index (κ1) is 17.9. The first-order chi connectivity index (χ1) is 12.0. The number of methoxy groups -OCH3 is 2. The molecule has 0 aliphatic rings. The number of hydrogen-bond acceptors (Lipinski definition) is 6. The van der Waals surface area contributed by atoms with Crippen LogP contribution >= 0.6 is 0 Å². The van der Waals surface area contributed by atoms with Crippen molar-refractivity contribution in [3.63, 3.8) is 0 Å². The highest BCUT2D eigenvalue weighted by molar-refractivity contribution is 5.96. The van der Waals surface area contributed by atoms with Gasteiger partial charge >= 0.3 is 0 Å². The Morgan fingerprint density at radius 3 is 1.48 bits per heavy atom. The second-order valence-electron chi connectivity index (χ2n) is 4.97. The van der Waals surface area contributed by atoms with Gasteiger partial charge in [0.15, 0.2) is 23.0 Å². The summed E-state index contributed by atoms with van der Waals surface area (Å²) < 4.78 is 21.6. The van der Waals surface area contributed by atoms with Crippen LogP contribution in [0.25, 0.3) is 0 Å². The summed E-state index contributed by atoms with van der Waals surface area (Å²) in [5.74, 6) is 1.66. The topological polar surface area (TPSA) is 137 Å². The van der Waals surface area contributed by atoms with E-state index in [0.717, 1.165) is 0 Å². The predicted octanol–water partition coefficient (Wildman–Crippen LogP) is 1.69. The molecule has 0 spiro atoms. The van der Waals surface area contributed by atoms with E-state index in [9.17, 15) is 0 Å². The molecule has 8 heteroatoms. The van der Waals surface area contributed by atoms with Crippen LogP contribution in [-0.4, -0.2) is 32.7 Å². The number of hydrogen-bond donors (Lipinski definition) is 4. The van der Waals surface area contributed by atoms with Crippen LogP contribution in [0.2, 0.25) is 0 Å². The summed E-state index contributed by atoms with van der Waals surface area (Å²) in [6, 6.07) is 9.83. The quantitative estimate of drug-likeness (QED) is 0.327. The maximum atomic E-state index is 7.44. The van der Waals surface area contributed by atoms with Crippen molar-refractivity contribution in [3.8, 4) is 23.0 Å². The molecule has 132 valence electrons. The lowest BCUT2D eigenvalue weighted by molar-refractivity contribution is 0.113. The molecule has 25 heavy (non-hydrogen) atoms. The predicted molar refractivity (Wildman–Crippen MR) is 94.1 cm³/mol. The normalized spacial score (nSPS) is 10.0. The minimum absolute atomic E-state index is 0.0589. The molecule has 2 aromatic carbocycles. The number of nitrogen functional groups attached to an aromatic ring is 2. The van der Waals surface area contributed by atoms with Crippen molar-refractivity contribution in [2.24, 2.45) is 11.5 Å². The Morgan fingerprint density at radius 1 is 0.760 bits per heavy atom. The third kappa shape index (κ3) is 4.31. The van der Waals surface area contributed by atoms with Gasteiger partial charge in [-0.3, -0.25) is 10.8 Å². The van der Waals surface area contributed by atoms with E-state index >= 15 is 0 Å². The molecule has 0 fully saturated rings. The van der Waals surface area contributed by atoms with E-state index in [1.807, 2.05) is 0 Å². The molecule has 0 amide bonds.